The fraction of sp³-hybridized carbons (Fsp3) is 0.235. The van der Waals surface area contributed by atoms with Gasteiger partial charge in [0.25, 0.3) is 0 Å². The number of hydrogen-bond acceptors (Lipinski definition) is 2. The van der Waals surface area contributed by atoms with Gasteiger partial charge < -0.3 is 5.32 Å². The monoisotopic (exact) mass is 364 g/mol. The maximum Gasteiger partial charge on any atom is 0.241 e. The molecule has 0 bridgehead atoms. The highest BCUT2D eigenvalue weighted by Gasteiger charge is 2.19. The summed E-state index contributed by atoms with van der Waals surface area (Å²) >= 11 is 3.50. The van der Waals surface area contributed by atoms with E-state index in [1.54, 1.807) is 25.1 Å². The molecule has 0 aliphatic heterocycles. The molecule has 3 nitrogen and oxygen atoms in total. The van der Waals surface area contributed by atoms with Crippen LogP contribution in [-0.2, 0) is 11.3 Å². The highest BCUT2D eigenvalue weighted by molar-refractivity contribution is 9.10. The lowest BCUT2D eigenvalue weighted by molar-refractivity contribution is -0.120. The highest BCUT2D eigenvalue weighted by Crippen LogP contribution is 2.19. The van der Waals surface area contributed by atoms with Gasteiger partial charge in [-0.05, 0) is 37.7 Å². The van der Waals surface area contributed by atoms with Crippen molar-refractivity contribution < 1.29 is 9.18 Å². The third kappa shape index (κ3) is 4.15. The third-order valence-electron chi connectivity index (χ3n) is 3.55. The van der Waals surface area contributed by atoms with Crippen LogP contribution in [0.3, 0.4) is 0 Å². The lowest BCUT2D eigenvalue weighted by Gasteiger charge is -2.24. The predicted octanol–water partition coefficient (Wildman–Crippen LogP) is 4.05. The van der Waals surface area contributed by atoms with Crippen LogP contribution < -0.4 is 5.32 Å². The smallest absolute Gasteiger partial charge is 0.241 e. The van der Waals surface area contributed by atoms with Crippen LogP contribution >= 0.6 is 15.9 Å². The van der Waals surface area contributed by atoms with Crippen LogP contribution in [0.1, 0.15) is 12.5 Å². The van der Waals surface area contributed by atoms with Gasteiger partial charge in [-0.3, -0.25) is 9.69 Å². The molecule has 0 aliphatic carbocycles. The summed E-state index contributed by atoms with van der Waals surface area (Å²) in [5.74, 6) is -0.670. The van der Waals surface area contributed by atoms with Gasteiger partial charge in [-0.15, -0.1) is 0 Å². The number of nitrogens with zero attached hydrogens (tertiary/aromatic N) is 1. The van der Waals surface area contributed by atoms with Gasteiger partial charge in [0.15, 0.2) is 0 Å². The zero-order chi connectivity index (χ0) is 16.1. The number of carbonyl (C=O) groups excluding carboxylic acids is 1. The van der Waals surface area contributed by atoms with Gasteiger partial charge in [0.2, 0.25) is 5.91 Å². The molecule has 2 rings (SSSR count). The first-order chi connectivity index (χ1) is 10.5. The molecule has 116 valence electrons. The number of halogens is 2. The Morgan fingerprint density at radius 3 is 2.55 bits per heavy atom. The quantitative estimate of drug-likeness (QED) is 0.867. The lowest BCUT2D eigenvalue weighted by Crippen LogP contribution is -2.39. The van der Waals surface area contributed by atoms with Crippen molar-refractivity contribution in [2.75, 3.05) is 12.4 Å². The van der Waals surface area contributed by atoms with Gasteiger partial charge in [-0.1, -0.05) is 46.3 Å². The fourth-order valence-electron chi connectivity index (χ4n) is 2.03. The molecule has 1 amide bonds. The lowest BCUT2D eigenvalue weighted by atomic mass is 10.2. The van der Waals surface area contributed by atoms with Crippen LogP contribution in [0.5, 0.6) is 0 Å². The number of benzene rings is 2. The van der Waals surface area contributed by atoms with Crippen LogP contribution in [0.15, 0.2) is 53.0 Å². The van der Waals surface area contributed by atoms with Crippen molar-refractivity contribution in [1.29, 1.82) is 0 Å². The van der Waals surface area contributed by atoms with Crippen molar-refractivity contribution in [2.24, 2.45) is 0 Å². The molecule has 22 heavy (non-hydrogen) atoms. The summed E-state index contributed by atoms with van der Waals surface area (Å²) in [6, 6.07) is 13.6. The normalized spacial score (nSPS) is 12.2. The Hall–Kier alpha value is -1.72. The highest BCUT2D eigenvalue weighted by atomic mass is 79.9. The first-order valence-corrected chi connectivity index (χ1v) is 7.77. The summed E-state index contributed by atoms with van der Waals surface area (Å²) in [6.45, 7) is 2.42. The molecule has 5 heteroatoms. The molecule has 0 fully saturated rings. The van der Waals surface area contributed by atoms with Gasteiger partial charge >= 0.3 is 0 Å². The SMILES string of the molecule is C[C@@H](C(=O)Nc1ccccc1F)N(C)Cc1ccccc1Br. The molecule has 0 radical (unpaired) electrons. The first-order valence-electron chi connectivity index (χ1n) is 6.98. The average molecular weight is 365 g/mol. The van der Waals surface area contributed by atoms with Crippen molar-refractivity contribution in [2.45, 2.75) is 19.5 Å². The minimum Gasteiger partial charge on any atom is -0.322 e. The van der Waals surface area contributed by atoms with Crippen molar-refractivity contribution in [3.8, 4) is 0 Å². The van der Waals surface area contributed by atoms with Crippen LogP contribution in [0, 0.1) is 5.82 Å². The van der Waals surface area contributed by atoms with Crippen molar-refractivity contribution in [3.63, 3.8) is 0 Å². The number of carbonyl (C=O) groups is 1. The number of anilines is 1. The van der Waals surface area contributed by atoms with Gasteiger partial charge in [-0.2, -0.15) is 0 Å². The molecular formula is C17H18BrFN2O. The van der Waals surface area contributed by atoms with Crippen LogP contribution in [0.2, 0.25) is 0 Å². The fourth-order valence-corrected chi connectivity index (χ4v) is 2.44. The molecule has 2 aromatic rings. The molecule has 1 N–H and O–H groups in total. The van der Waals surface area contributed by atoms with E-state index in [4.69, 9.17) is 0 Å². The molecule has 2 aromatic carbocycles. The number of hydrogen-bond donors (Lipinski definition) is 1. The Balaban J connectivity index is 2.01. The van der Waals surface area contributed by atoms with Crippen LogP contribution in [0.25, 0.3) is 0 Å². The predicted molar refractivity (Wildman–Crippen MR) is 90.1 cm³/mol. The summed E-state index contributed by atoms with van der Waals surface area (Å²) in [5, 5.41) is 2.62. The molecule has 0 saturated carbocycles. The van der Waals surface area contributed by atoms with Crippen molar-refractivity contribution in [1.82, 2.24) is 4.90 Å². The van der Waals surface area contributed by atoms with E-state index >= 15 is 0 Å². The van der Waals surface area contributed by atoms with E-state index in [1.165, 1.54) is 6.07 Å². The second-order valence-corrected chi connectivity index (χ2v) is 6.01. The summed E-state index contributed by atoms with van der Waals surface area (Å²) < 4.78 is 14.6. The number of rotatable bonds is 5. The molecule has 1 atom stereocenters. The molecular weight excluding hydrogens is 347 g/mol. The van der Waals surface area contributed by atoms with E-state index in [0.29, 0.717) is 6.54 Å². The number of para-hydroxylation sites is 1. The van der Waals surface area contributed by atoms with Crippen molar-refractivity contribution >= 4 is 27.5 Å². The second kappa shape index (κ2) is 7.51. The minimum absolute atomic E-state index is 0.202. The zero-order valence-corrected chi connectivity index (χ0v) is 14.1. The van der Waals surface area contributed by atoms with E-state index in [2.05, 4.69) is 21.2 Å². The Kier molecular flexibility index (Phi) is 5.69. The van der Waals surface area contributed by atoms with E-state index < -0.39 is 5.82 Å². The summed E-state index contributed by atoms with van der Waals surface area (Å²) in [4.78, 5) is 14.2. The average Bonchev–Trinajstić information content (AvgIpc) is 2.51. The van der Waals surface area contributed by atoms with Gasteiger partial charge in [-0.25, -0.2) is 4.39 Å². The van der Waals surface area contributed by atoms with Crippen LogP contribution in [0.4, 0.5) is 10.1 Å². The summed E-state index contributed by atoms with van der Waals surface area (Å²) in [5.41, 5.74) is 1.30. The van der Waals surface area contributed by atoms with E-state index in [-0.39, 0.29) is 17.6 Å². The molecule has 0 unspecified atom stereocenters. The largest absolute Gasteiger partial charge is 0.322 e. The van der Waals surface area contributed by atoms with E-state index in [9.17, 15) is 9.18 Å². The Morgan fingerprint density at radius 1 is 1.23 bits per heavy atom. The molecule has 0 heterocycles. The minimum atomic E-state index is -0.434. The van der Waals surface area contributed by atoms with Crippen molar-refractivity contribution in [3.05, 3.63) is 64.4 Å². The maximum atomic E-state index is 13.6. The number of nitrogens with one attached hydrogen (secondary N) is 1. The molecule has 0 spiro atoms. The third-order valence-corrected chi connectivity index (χ3v) is 4.32. The van der Waals surface area contributed by atoms with Gasteiger partial charge in [0.1, 0.15) is 5.82 Å². The van der Waals surface area contributed by atoms with E-state index in [1.807, 2.05) is 36.2 Å². The van der Waals surface area contributed by atoms with Gasteiger partial charge in [0, 0.05) is 11.0 Å². The van der Waals surface area contributed by atoms with Gasteiger partial charge in [0.05, 0.1) is 11.7 Å². The summed E-state index contributed by atoms with van der Waals surface area (Å²) in [7, 11) is 1.87. The molecule has 0 aromatic heterocycles. The molecule has 0 aliphatic rings. The second-order valence-electron chi connectivity index (χ2n) is 5.15. The maximum absolute atomic E-state index is 13.6. The zero-order valence-electron chi connectivity index (χ0n) is 12.5. The number of likely N-dealkylation sites (N-methyl/N-ethyl adjacent to an activating group) is 1. The Morgan fingerprint density at radius 2 is 1.86 bits per heavy atom. The first kappa shape index (κ1) is 16.6. The summed E-state index contributed by atoms with van der Waals surface area (Å²) in [6.07, 6.45) is 0. The van der Waals surface area contributed by atoms with E-state index in [0.717, 1.165) is 10.0 Å². The molecule has 0 saturated heterocycles. The van der Waals surface area contributed by atoms with Crippen LogP contribution in [-0.4, -0.2) is 23.9 Å². The Bertz CT molecular complexity index is 663. The Labute approximate surface area is 138 Å². The topological polar surface area (TPSA) is 32.3 Å². The number of amides is 1. The standard InChI is InChI=1S/C17H18BrFN2O/c1-12(17(22)20-16-10-6-5-9-15(16)19)21(2)11-13-7-3-4-8-14(13)18/h3-10,12H,11H2,1-2H3,(H,20,22)/t12-/m0/s1.